The van der Waals surface area contributed by atoms with Crippen molar-refractivity contribution in [1.82, 2.24) is 15.0 Å². The molecule has 29 heavy (non-hydrogen) atoms. The van der Waals surface area contributed by atoms with Crippen LogP contribution >= 0.6 is 62.1 Å². The molecule has 152 valence electrons. The van der Waals surface area contributed by atoms with Gasteiger partial charge in [0.2, 0.25) is 5.52 Å². The first-order chi connectivity index (χ1) is 13.6. The summed E-state index contributed by atoms with van der Waals surface area (Å²) in [4.78, 5) is 11.9. The maximum absolute atomic E-state index is 11.2. The Morgan fingerprint density at radius 1 is 0.931 bits per heavy atom. The van der Waals surface area contributed by atoms with E-state index in [0.717, 1.165) is 15.6 Å². The van der Waals surface area contributed by atoms with Crippen molar-refractivity contribution in [1.29, 1.82) is 0 Å². The molecule has 4 heterocycles. The van der Waals surface area contributed by atoms with Gasteiger partial charge >= 0.3 is 10.4 Å². The molecule has 0 aliphatic carbocycles. The van der Waals surface area contributed by atoms with Crippen LogP contribution in [-0.4, -0.2) is 15.0 Å². The van der Waals surface area contributed by atoms with Crippen LogP contribution in [0.15, 0.2) is 55.0 Å². The van der Waals surface area contributed by atoms with Gasteiger partial charge in [0.25, 0.3) is 0 Å². The molecule has 0 saturated heterocycles. The summed E-state index contributed by atoms with van der Waals surface area (Å²) >= 11 is 30.3. The molecule has 0 bridgehead atoms. The van der Waals surface area contributed by atoms with Crippen molar-refractivity contribution < 1.29 is 20.9 Å². The average Bonchev–Trinajstić information content (AvgIpc) is 2.62. The second kappa shape index (κ2) is 10.8. The molecular formula is C16H10Cl6N4O2P+. The Labute approximate surface area is 194 Å². The van der Waals surface area contributed by atoms with Crippen LogP contribution in [0.4, 0.5) is 0 Å². The lowest BCUT2D eigenvalue weighted by Gasteiger charge is -2.00. The van der Waals surface area contributed by atoms with E-state index in [4.69, 9.17) is 34.8 Å². The molecule has 0 aliphatic heterocycles. The Bertz CT molecular complexity index is 1140. The molecule has 0 spiro atoms. The van der Waals surface area contributed by atoms with Gasteiger partial charge in [0.1, 0.15) is 10.3 Å². The van der Waals surface area contributed by atoms with E-state index in [2.05, 4.69) is 48.7 Å². The van der Waals surface area contributed by atoms with E-state index in [1.165, 1.54) is 12.4 Å². The maximum Gasteiger partial charge on any atom is 0.339 e. The minimum atomic E-state index is -3.22. The first-order valence-electron chi connectivity index (χ1n) is 7.46. The fraction of sp³-hybridized carbons (Fsp3) is 0. The Morgan fingerprint density at radius 2 is 1.52 bits per heavy atom. The van der Waals surface area contributed by atoms with Crippen molar-refractivity contribution in [3.05, 3.63) is 75.7 Å². The number of aromatic nitrogens is 4. The van der Waals surface area contributed by atoms with Crippen molar-refractivity contribution in [2.45, 2.75) is 0 Å². The summed E-state index contributed by atoms with van der Waals surface area (Å²) in [5, 5.41) is 10.9. The molecule has 4 rings (SSSR count). The second-order valence-electron chi connectivity index (χ2n) is 5.09. The average molecular weight is 534 g/mol. The molecule has 0 radical (unpaired) electrons. The third-order valence-electron chi connectivity index (χ3n) is 3.18. The Kier molecular flexibility index (Phi) is 8.98. The normalized spacial score (nSPS) is 10.7. The van der Waals surface area contributed by atoms with E-state index in [-0.39, 0.29) is 0 Å². The third kappa shape index (κ3) is 7.91. The number of nitrogens with zero attached hydrogens (tertiary/aromatic N) is 4. The van der Waals surface area contributed by atoms with E-state index in [0.29, 0.717) is 26.4 Å². The van der Waals surface area contributed by atoms with E-state index in [9.17, 15) is 9.77 Å². The standard InChI is InChI=1S/C8H5Cl2N2.C8H5ClN2O.Cl3OP/c9-7-2-1-5-6(12-7)3-4-11-8(5)10;9-8-6-2-1-5-11(12)7(6)3-4-10-8;1-5(2,3)4/h1-4,9H;1-5H;/q+1;;. The molecule has 0 unspecified atom stereocenters. The van der Waals surface area contributed by atoms with Gasteiger partial charge in [0.05, 0.1) is 10.9 Å². The van der Waals surface area contributed by atoms with Crippen LogP contribution in [-0.2, 0) is 4.57 Å². The van der Waals surface area contributed by atoms with Gasteiger partial charge in [-0.3, -0.25) is 4.57 Å². The molecule has 0 atom stereocenters. The second-order valence-corrected chi connectivity index (χ2v) is 12.9. The van der Waals surface area contributed by atoms with Crippen LogP contribution in [0.2, 0.25) is 15.5 Å². The smallest absolute Gasteiger partial charge is 0.339 e. The lowest BCUT2D eigenvalue weighted by atomic mass is 10.3. The van der Waals surface area contributed by atoms with Crippen molar-refractivity contribution in [2.75, 3.05) is 0 Å². The number of halogens is 6. The predicted molar refractivity (Wildman–Crippen MR) is 116 cm³/mol. The van der Waals surface area contributed by atoms with Crippen LogP contribution in [0, 0.1) is 16.8 Å². The third-order valence-corrected chi connectivity index (χ3v) is 4.01. The first kappa shape index (κ1) is 24.2. The summed E-state index contributed by atoms with van der Waals surface area (Å²) < 4.78 is 10.3. The topological polar surface area (TPSA) is 82.7 Å². The highest BCUT2D eigenvalue weighted by Crippen LogP contribution is 2.61. The molecule has 0 amide bonds. The zero-order chi connectivity index (χ0) is 21.6. The van der Waals surface area contributed by atoms with Gasteiger partial charge in [-0.2, -0.15) is 9.71 Å². The molecule has 13 heteroatoms. The number of rotatable bonds is 0. The number of fused-ring (bicyclic) bond motifs is 2. The molecule has 0 aromatic carbocycles. The molecule has 0 N–H and O–H groups in total. The SMILES string of the molecule is Clc1nccc2nc([ClH+])ccc12.O=P(Cl)(Cl)Cl.[O-][n+]1cccc2c(Cl)nccc21. The largest absolute Gasteiger partial charge is 0.618 e. The summed E-state index contributed by atoms with van der Waals surface area (Å²) in [6.45, 7) is 0. The summed E-state index contributed by atoms with van der Waals surface area (Å²) in [7, 11) is 0. The fourth-order valence-electron chi connectivity index (χ4n) is 2.08. The van der Waals surface area contributed by atoms with Crippen molar-refractivity contribution >= 4 is 83.9 Å². The number of pyridine rings is 4. The minimum absolute atomic E-state index is 0.359. The number of hydrogen-bond acceptors (Lipinski definition) is 5. The summed E-state index contributed by atoms with van der Waals surface area (Å²) in [6.07, 6.45) is 4.56. The van der Waals surface area contributed by atoms with Crippen LogP contribution in [0.1, 0.15) is 0 Å². The zero-order valence-electron chi connectivity index (χ0n) is 14.0. The lowest BCUT2D eigenvalue weighted by Crippen LogP contribution is -2.25. The van der Waals surface area contributed by atoms with Crippen LogP contribution < -0.4 is 4.73 Å². The van der Waals surface area contributed by atoms with E-state index >= 15 is 0 Å². The van der Waals surface area contributed by atoms with Crippen LogP contribution in [0.5, 0.6) is 0 Å². The number of hydrogen-bond donors (Lipinski definition) is 0. The van der Waals surface area contributed by atoms with Crippen LogP contribution in [0.25, 0.3) is 21.8 Å². The predicted octanol–water partition coefficient (Wildman–Crippen LogP) is 6.31. The highest BCUT2D eigenvalue weighted by molar-refractivity contribution is 8.24. The zero-order valence-corrected chi connectivity index (χ0v) is 19.5. The van der Waals surface area contributed by atoms with Gasteiger partial charge in [0.15, 0.2) is 17.8 Å². The summed E-state index contributed by atoms with van der Waals surface area (Å²) in [6, 6.07) is 10.4. The van der Waals surface area contributed by atoms with E-state index in [1.54, 1.807) is 36.5 Å². The molecule has 0 aliphatic rings. The highest BCUT2D eigenvalue weighted by atomic mass is 36.0. The van der Waals surface area contributed by atoms with Crippen molar-refractivity contribution in [3.63, 3.8) is 0 Å². The van der Waals surface area contributed by atoms with E-state index in [1.807, 2.05) is 6.07 Å². The lowest BCUT2D eigenvalue weighted by molar-refractivity contribution is -0.577. The van der Waals surface area contributed by atoms with Gasteiger partial charge in [0, 0.05) is 36.0 Å². The van der Waals surface area contributed by atoms with E-state index < -0.39 is 5.20 Å². The monoisotopic (exact) mass is 531 g/mol. The van der Waals surface area contributed by atoms with Gasteiger partial charge < -0.3 is 5.21 Å². The fourth-order valence-corrected chi connectivity index (χ4v) is 2.68. The molecule has 6 nitrogen and oxygen atoms in total. The molecule has 4 aromatic rings. The molecule has 0 saturated carbocycles. The van der Waals surface area contributed by atoms with Crippen LogP contribution in [0.3, 0.4) is 0 Å². The summed E-state index contributed by atoms with van der Waals surface area (Å²) in [5.74, 6) is 0. The molecular weight excluding hydrogens is 524 g/mol. The highest BCUT2D eigenvalue weighted by Gasteiger charge is 2.05. The maximum atomic E-state index is 11.2. The first-order valence-corrected chi connectivity index (χ1v) is 13.0. The quantitative estimate of drug-likeness (QED) is 0.114. The van der Waals surface area contributed by atoms with Crippen molar-refractivity contribution in [3.8, 4) is 0 Å². The van der Waals surface area contributed by atoms with Gasteiger partial charge in [-0.1, -0.05) is 23.2 Å². The molecule has 0 fully saturated rings. The van der Waals surface area contributed by atoms with Gasteiger partial charge in [-0.15, -0.1) is 0 Å². The minimum Gasteiger partial charge on any atom is -0.618 e. The van der Waals surface area contributed by atoms with Crippen molar-refractivity contribution in [2.24, 2.45) is 0 Å². The van der Waals surface area contributed by atoms with Gasteiger partial charge in [-0.05, 0) is 51.9 Å². The molecule has 4 aromatic heterocycles. The Morgan fingerprint density at radius 3 is 2.14 bits per heavy atom. The van der Waals surface area contributed by atoms with Gasteiger partial charge in [-0.25, -0.2) is 9.97 Å². The Balaban J connectivity index is 0.000000170. The Hall–Kier alpha value is -1.11. The summed E-state index contributed by atoms with van der Waals surface area (Å²) in [5.41, 5.74) is 1.33.